The van der Waals surface area contributed by atoms with Gasteiger partial charge in [0.05, 0.1) is 18.4 Å². The van der Waals surface area contributed by atoms with Gasteiger partial charge < -0.3 is 9.47 Å². The summed E-state index contributed by atoms with van der Waals surface area (Å²) < 4.78 is 10.5. The second kappa shape index (κ2) is 6.33. The molecule has 0 aromatic heterocycles. The van der Waals surface area contributed by atoms with Crippen LogP contribution in [0.5, 0.6) is 5.75 Å². The Kier molecular flexibility index (Phi) is 3.99. The van der Waals surface area contributed by atoms with Crippen LogP contribution in [0.15, 0.2) is 59.8 Å². The second-order valence-corrected chi connectivity index (χ2v) is 6.53. The van der Waals surface area contributed by atoms with E-state index in [9.17, 15) is 9.59 Å². The number of aryl methyl sites for hydroxylation is 1. The minimum absolute atomic E-state index is 0.0338. The molecular formula is C21H19NO4. The maximum atomic E-state index is 13.0. The van der Waals surface area contributed by atoms with Gasteiger partial charge in [-0.2, -0.15) is 0 Å². The number of amides is 1. The average Bonchev–Trinajstić information content (AvgIpc) is 3.02. The fraction of sp³-hybridized carbons (Fsp3) is 0.238. The molecule has 2 aromatic carbocycles. The zero-order valence-corrected chi connectivity index (χ0v) is 14.7. The van der Waals surface area contributed by atoms with Crippen molar-refractivity contribution in [3.8, 4) is 5.75 Å². The molecule has 4 rings (SSSR count). The van der Waals surface area contributed by atoms with E-state index in [4.69, 9.17) is 9.47 Å². The Bertz CT molecular complexity index is 914. The van der Waals surface area contributed by atoms with Gasteiger partial charge >= 0.3 is 5.97 Å². The number of esters is 1. The number of nitrogens with zero attached hydrogens (tertiary/aromatic N) is 1. The monoisotopic (exact) mass is 349 g/mol. The Morgan fingerprint density at radius 3 is 2.58 bits per heavy atom. The number of hydrogen-bond donors (Lipinski definition) is 0. The van der Waals surface area contributed by atoms with Crippen molar-refractivity contribution in [1.82, 2.24) is 0 Å². The van der Waals surface area contributed by atoms with Crippen molar-refractivity contribution in [3.63, 3.8) is 0 Å². The highest BCUT2D eigenvalue weighted by atomic mass is 16.5. The number of hydrogen-bond acceptors (Lipinski definition) is 4. The minimum atomic E-state index is -0.342. The van der Waals surface area contributed by atoms with Crippen LogP contribution in [0.4, 0.5) is 5.69 Å². The molecule has 0 bridgehead atoms. The number of benzene rings is 2. The number of rotatable bonds is 3. The predicted octanol–water partition coefficient (Wildman–Crippen LogP) is 3.34. The molecule has 0 saturated carbocycles. The SMILES string of the molecule is COc1ccc([C@@H]2CC(=O)N(c3cccc(C)c3)C3=C2C(=O)OC3)cc1. The molecule has 1 atom stereocenters. The fourth-order valence-corrected chi connectivity index (χ4v) is 3.64. The molecule has 132 valence electrons. The summed E-state index contributed by atoms with van der Waals surface area (Å²) in [7, 11) is 1.60. The molecule has 2 aromatic rings. The molecule has 0 saturated heterocycles. The summed E-state index contributed by atoms with van der Waals surface area (Å²) in [5, 5.41) is 0. The van der Waals surface area contributed by atoms with Crippen LogP contribution in [0.1, 0.15) is 23.5 Å². The molecule has 2 heterocycles. The zero-order chi connectivity index (χ0) is 18.3. The molecule has 0 N–H and O–H groups in total. The highest BCUT2D eigenvalue weighted by Gasteiger charge is 2.42. The van der Waals surface area contributed by atoms with Crippen molar-refractivity contribution in [2.45, 2.75) is 19.3 Å². The van der Waals surface area contributed by atoms with Gasteiger partial charge in [0.2, 0.25) is 5.91 Å². The van der Waals surface area contributed by atoms with Gasteiger partial charge in [0.25, 0.3) is 0 Å². The van der Waals surface area contributed by atoms with Gasteiger partial charge in [-0.25, -0.2) is 4.79 Å². The first kappa shape index (κ1) is 16.4. The standard InChI is InChI=1S/C21H19NO4/c1-13-4-3-5-15(10-13)22-18-12-26-21(24)20(18)17(11-19(22)23)14-6-8-16(25-2)9-7-14/h3-10,17H,11-12H2,1-2H3/t17-/m0/s1. The Morgan fingerprint density at radius 1 is 1.12 bits per heavy atom. The number of carbonyl (C=O) groups excluding carboxylic acids is 2. The lowest BCUT2D eigenvalue weighted by atomic mass is 9.84. The maximum Gasteiger partial charge on any atom is 0.336 e. The number of methoxy groups -OCH3 is 1. The lowest BCUT2D eigenvalue weighted by molar-refractivity contribution is -0.136. The van der Waals surface area contributed by atoms with E-state index in [-0.39, 0.29) is 30.8 Å². The molecule has 5 heteroatoms. The molecule has 5 nitrogen and oxygen atoms in total. The van der Waals surface area contributed by atoms with Gasteiger partial charge in [-0.15, -0.1) is 0 Å². The summed E-state index contributed by atoms with van der Waals surface area (Å²) in [6.45, 7) is 2.10. The van der Waals surface area contributed by atoms with Crippen LogP contribution in [-0.4, -0.2) is 25.6 Å². The fourth-order valence-electron chi connectivity index (χ4n) is 3.64. The average molecular weight is 349 g/mol. The van der Waals surface area contributed by atoms with Gasteiger partial charge in [-0.3, -0.25) is 9.69 Å². The van der Waals surface area contributed by atoms with Crippen molar-refractivity contribution in [1.29, 1.82) is 0 Å². The topological polar surface area (TPSA) is 55.8 Å². The quantitative estimate of drug-likeness (QED) is 0.798. The van der Waals surface area contributed by atoms with Crippen LogP contribution in [-0.2, 0) is 14.3 Å². The lowest BCUT2D eigenvalue weighted by Gasteiger charge is -2.32. The summed E-state index contributed by atoms with van der Waals surface area (Å²) in [5.74, 6) is 0.0689. The summed E-state index contributed by atoms with van der Waals surface area (Å²) in [6, 6.07) is 15.2. The van der Waals surface area contributed by atoms with E-state index in [2.05, 4.69) is 0 Å². The number of ether oxygens (including phenoxy) is 2. The summed E-state index contributed by atoms with van der Waals surface area (Å²) in [6.07, 6.45) is 0.230. The maximum absolute atomic E-state index is 13.0. The van der Waals surface area contributed by atoms with Gasteiger partial charge in [0.1, 0.15) is 12.4 Å². The predicted molar refractivity (Wildman–Crippen MR) is 97.0 cm³/mol. The smallest absolute Gasteiger partial charge is 0.336 e. The van der Waals surface area contributed by atoms with E-state index in [1.54, 1.807) is 12.0 Å². The van der Waals surface area contributed by atoms with Gasteiger partial charge in [0, 0.05) is 18.0 Å². The molecule has 1 amide bonds. The largest absolute Gasteiger partial charge is 0.497 e. The van der Waals surface area contributed by atoms with E-state index in [0.29, 0.717) is 11.3 Å². The van der Waals surface area contributed by atoms with E-state index < -0.39 is 0 Å². The van der Waals surface area contributed by atoms with E-state index >= 15 is 0 Å². The van der Waals surface area contributed by atoms with Crippen LogP contribution in [0.2, 0.25) is 0 Å². The molecule has 2 aliphatic rings. The Labute approximate surface area is 151 Å². The van der Waals surface area contributed by atoms with Crippen LogP contribution in [0.3, 0.4) is 0 Å². The minimum Gasteiger partial charge on any atom is -0.497 e. The first-order chi connectivity index (χ1) is 12.6. The van der Waals surface area contributed by atoms with E-state index in [0.717, 1.165) is 22.6 Å². The third kappa shape index (κ3) is 2.65. The molecule has 26 heavy (non-hydrogen) atoms. The Hall–Kier alpha value is -3.08. The summed E-state index contributed by atoms with van der Waals surface area (Å²) >= 11 is 0. The Morgan fingerprint density at radius 2 is 1.88 bits per heavy atom. The van der Waals surface area contributed by atoms with Gasteiger partial charge in [-0.05, 0) is 42.3 Å². The molecular weight excluding hydrogens is 330 g/mol. The van der Waals surface area contributed by atoms with Crippen molar-refractivity contribution in [3.05, 3.63) is 70.9 Å². The van der Waals surface area contributed by atoms with E-state index in [1.807, 2.05) is 55.5 Å². The highest BCUT2D eigenvalue weighted by Crippen LogP contribution is 2.42. The summed E-state index contributed by atoms with van der Waals surface area (Å²) in [4.78, 5) is 27.0. The first-order valence-corrected chi connectivity index (χ1v) is 8.52. The number of carbonyl (C=O) groups is 2. The third-order valence-corrected chi connectivity index (χ3v) is 4.90. The molecule has 0 unspecified atom stereocenters. The molecule has 0 radical (unpaired) electrons. The zero-order valence-electron chi connectivity index (χ0n) is 14.7. The van der Waals surface area contributed by atoms with E-state index in [1.165, 1.54) is 0 Å². The second-order valence-electron chi connectivity index (χ2n) is 6.53. The van der Waals surface area contributed by atoms with Crippen LogP contribution in [0, 0.1) is 6.92 Å². The van der Waals surface area contributed by atoms with Gasteiger partial charge in [0.15, 0.2) is 0 Å². The summed E-state index contributed by atoms with van der Waals surface area (Å²) in [5.41, 5.74) is 3.97. The lowest BCUT2D eigenvalue weighted by Crippen LogP contribution is -2.37. The van der Waals surface area contributed by atoms with Crippen LogP contribution >= 0.6 is 0 Å². The third-order valence-electron chi connectivity index (χ3n) is 4.90. The molecule has 0 spiro atoms. The number of cyclic esters (lactones) is 1. The normalized spacial score (nSPS) is 19.5. The molecule has 2 aliphatic heterocycles. The van der Waals surface area contributed by atoms with Crippen LogP contribution in [0.25, 0.3) is 0 Å². The van der Waals surface area contributed by atoms with Crippen molar-refractivity contribution in [2.75, 3.05) is 18.6 Å². The van der Waals surface area contributed by atoms with Gasteiger partial charge in [-0.1, -0.05) is 24.3 Å². The highest BCUT2D eigenvalue weighted by molar-refractivity contribution is 6.06. The first-order valence-electron chi connectivity index (χ1n) is 8.52. The van der Waals surface area contributed by atoms with Crippen molar-refractivity contribution < 1.29 is 19.1 Å². The number of anilines is 1. The molecule has 0 aliphatic carbocycles. The molecule has 0 fully saturated rings. The Balaban J connectivity index is 1.80. The van der Waals surface area contributed by atoms with Crippen molar-refractivity contribution >= 4 is 17.6 Å². The van der Waals surface area contributed by atoms with Crippen molar-refractivity contribution in [2.24, 2.45) is 0 Å². The van der Waals surface area contributed by atoms with Crippen LogP contribution < -0.4 is 9.64 Å².